The van der Waals surface area contributed by atoms with Crippen LogP contribution in [-0.2, 0) is 16.6 Å². The maximum atomic E-state index is 13.3. The summed E-state index contributed by atoms with van der Waals surface area (Å²) in [6.45, 7) is -0.0866. The molecule has 0 fully saturated rings. The zero-order valence-corrected chi connectivity index (χ0v) is 19.5. The van der Waals surface area contributed by atoms with E-state index in [-0.39, 0.29) is 12.5 Å². The van der Waals surface area contributed by atoms with Crippen LogP contribution < -0.4 is 14.4 Å². The first-order valence-corrected chi connectivity index (χ1v) is 12.6. The van der Waals surface area contributed by atoms with Gasteiger partial charge in [-0.3, -0.25) is 9.10 Å². The first-order valence-electron chi connectivity index (χ1n) is 9.57. The Bertz CT molecular complexity index is 1210. The number of hydrogen-bond donors (Lipinski definition) is 1. The molecule has 3 rings (SSSR count). The number of hydrogen-bond acceptors (Lipinski definition) is 5. The van der Waals surface area contributed by atoms with Crippen molar-refractivity contribution in [1.29, 1.82) is 0 Å². The highest BCUT2D eigenvalue weighted by Crippen LogP contribution is 2.27. The average Bonchev–Trinajstić information content (AvgIpc) is 2.77. The molecule has 1 amide bonds. The van der Waals surface area contributed by atoms with Gasteiger partial charge in [0, 0.05) is 21.7 Å². The van der Waals surface area contributed by atoms with E-state index < -0.39 is 15.8 Å². The Morgan fingerprint density at radius 2 is 1.81 bits per heavy atom. The lowest BCUT2D eigenvalue weighted by Crippen LogP contribution is -2.29. The van der Waals surface area contributed by atoms with Crippen molar-refractivity contribution in [3.8, 4) is 5.75 Å². The molecular formula is C23H23FN2O4S2. The van der Waals surface area contributed by atoms with Crippen LogP contribution in [0.3, 0.4) is 0 Å². The maximum Gasteiger partial charge on any atom is 0.255 e. The van der Waals surface area contributed by atoms with E-state index in [1.807, 2.05) is 24.5 Å². The van der Waals surface area contributed by atoms with Crippen molar-refractivity contribution in [3.63, 3.8) is 0 Å². The Balaban J connectivity index is 1.92. The van der Waals surface area contributed by atoms with Crippen molar-refractivity contribution in [1.82, 2.24) is 0 Å². The van der Waals surface area contributed by atoms with E-state index in [1.54, 1.807) is 36.0 Å². The molecule has 0 saturated heterocycles. The van der Waals surface area contributed by atoms with E-state index in [0.717, 1.165) is 15.5 Å². The monoisotopic (exact) mass is 474 g/mol. The number of rotatable bonds is 8. The zero-order valence-electron chi connectivity index (χ0n) is 17.8. The molecule has 0 heterocycles. The highest BCUT2D eigenvalue weighted by atomic mass is 32.2. The fourth-order valence-corrected chi connectivity index (χ4v) is 4.45. The third-order valence-corrected chi connectivity index (χ3v) is 6.57. The van der Waals surface area contributed by atoms with E-state index in [4.69, 9.17) is 4.74 Å². The summed E-state index contributed by atoms with van der Waals surface area (Å²) in [6, 6.07) is 17.4. The number of ether oxygens (including phenoxy) is 1. The van der Waals surface area contributed by atoms with Gasteiger partial charge >= 0.3 is 0 Å². The molecule has 168 valence electrons. The van der Waals surface area contributed by atoms with Crippen molar-refractivity contribution < 1.29 is 22.3 Å². The Labute approximate surface area is 191 Å². The van der Waals surface area contributed by atoms with Crippen molar-refractivity contribution in [2.24, 2.45) is 0 Å². The third kappa shape index (κ3) is 5.80. The van der Waals surface area contributed by atoms with Crippen LogP contribution in [0.1, 0.15) is 15.9 Å². The first kappa shape index (κ1) is 23.6. The van der Waals surface area contributed by atoms with Gasteiger partial charge in [0.15, 0.2) is 0 Å². The maximum absolute atomic E-state index is 13.3. The number of amides is 1. The highest BCUT2D eigenvalue weighted by Gasteiger charge is 2.21. The fraction of sp³-hybridized carbons (Fsp3) is 0.174. The van der Waals surface area contributed by atoms with Crippen LogP contribution in [-0.4, -0.2) is 33.9 Å². The van der Waals surface area contributed by atoms with Gasteiger partial charge in [-0.05, 0) is 66.9 Å². The molecule has 0 atom stereocenters. The van der Waals surface area contributed by atoms with Crippen LogP contribution in [0, 0.1) is 5.82 Å². The second-order valence-corrected chi connectivity index (χ2v) is 9.75. The molecule has 0 unspecified atom stereocenters. The number of methoxy groups -OCH3 is 1. The largest absolute Gasteiger partial charge is 0.496 e. The Kier molecular flexibility index (Phi) is 7.42. The van der Waals surface area contributed by atoms with Gasteiger partial charge in [0.1, 0.15) is 11.6 Å². The number of sulfonamides is 1. The van der Waals surface area contributed by atoms with Gasteiger partial charge in [-0.15, -0.1) is 11.8 Å². The van der Waals surface area contributed by atoms with Crippen LogP contribution >= 0.6 is 11.8 Å². The van der Waals surface area contributed by atoms with E-state index in [1.165, 1.54) is 31.4 Å². The van der Waals surface area contributed by atoms with Crippen LogP contribution in [0.15, 0.2) is 71.6 Å². The van der Waals surface area contributed by atoms with Crippen LogP contribution in [0.5, 0.6) is 5.75 Å². The molecule has 0 bridgehead atoms. The quantitative estimate of drug-likeness (QED) is 0.476. The van der Waals surface area contributed by atoms with Crippen LogP contribution in [0.2, 0.25) is 0 Å². The van der Waals surface area contributed by atoms with Gasteiger partial charge < -0.3 is 10.1 Å². The molecule has 0 spiro atoms. The van der Waals surface area contributed by atoms with E-state index >= 15 is 0 Å². The smallest absolute Gasteiger partial charge is 0.255 e. The van der Waals surface area contributed by atoms with Crippen LogP contribution in [0.25, 0.3) is 0 Å². The van der Waals surface area contributed by atoms with Crippen molar-refractivity contribution in [2.75, 3.05) is 29.2 Å². The second-order valence-electron chi connectivity index (χ2n) is 6.96. The minimum atomic E-state index is -3.69. The molecule has 0 saturated carbocycles. The molecule has 0 radical (unpaired) electrons. The first-order chi connectivity index (χ1) is 15.2. The van der Waals surface area contributed by atoms with Crippen molar-refractivity contribution in [2.45, 2.75) is 11.4 Å². The van der Waals surface area contributed by atoms with Gasteiger partial charge in [-0.1, -0.05) is 6.07 Å². The third-order valence-electron chi connectivity index (χ3n) is 4.70. The zero-order chi connectivity index (χ0) is 23.3. The molecule has 1 N–H and O–H groups in total. The number of halogens is 1. The predicted octanol–water partition coefficient (Wildman–Crippen LogP) is 4.77. The summed E-state index contributed by atoms with van der Waals surface area (Å²) < 4.78 is 44.7. The number of thioether (sulfide) groups is 1. The van der Waals surface area contributed by atoms with Gasteiger partial charge in [0.05, 0.1) is 25.6 Å². The summed E-state index contributed by atoms with van der Waals surface area (Å²) in [4.78, 5) is 13.8. The average molecular weight is 475 g/mol. The number of carbonyl (C=O) groups excluding carboxylic acids is 1. The topological polar surface area (TPSA) is 75.7 Å². The summed E-state index contributed by atoms with van der Waals surface area (Å²) in [5, 5.41) is 2.85. The molecule has 0 aromatic heterocycles. The molecule has 0 aliphatic rings. The van der Waals surface area contributed by atoms with Crippen molar-refractivity contribution >= 4 is 39.1 Å². The van der Waals surface area contributed by atoms with E-state index in [2.05, 4.69) is 5.32 Å². The number of nitrogens with one attached hydrogen (secondary N) is 1. The highest BCUT2D eigenvalue weighted by molar-refractivity contribution is 7.98. The van der Waals surface area contributed by atoms with Gasteiger partial charge in [-0.25, -0.2) is 12.8 Å². The SMILES string of the molecule is COc1ccc(C(=O)Nc2cccc(SC)c2)cc1CN(c1ccc(F)cc1)S(C)(=O)=O. The lowest BCUT2D eigenvalue weighted by molar-refractivity contribution is 0.102. The molecule has 32 heavy (non-hydrogen) atoms. The van der Waals surface area contributed by atoms with Crippen LogP contribution in [0.4, 0.5) is 15.8 Å². The summed E-state index contributed by atoms with van der Waals surface area (Å²) in [7, 11) is -2.22. The lowest BCUT2D eigenvalue weighted by atomic mass is 10.1. The van der Waals surface area contributed by atoms with Gasteiger partial charge in [-0.2, -0.15) is 0 Å². The fourth-order valence-electron chi connectivity index (χ4n) is 3.11. The number of nitrogens with zero attached hydrogens (tertiary/aromatic N) is 1. The normalized spacial score (nSPS) is 11.1. The summed E-state index contributed by atoms with van der Waals surface area (Å²) >= 11 is 1.57. The summed E-state index contributed by atoms with van der Waals surface area (Å²) in [6.07, 6.45) is 3.02. The molecular weight excluding hydrogens is 451 g/mol. The Morgan fingerprint density at radius 3 is 2.44 bits per heavy atom. The van der Waals surface area contributed by atoms with E-state index in [9.17, 15) is 17.6 Å². The summed E-state index contributed by atoms with van der Waals surface area (Å²) in [5.74, 6) is -0.370. The molecule has 6 nitrogen and oxygen atoms in total. The number of carbonyl (C=O) groups is 1. The van der Waals surface area contributed by atoms with Gasteiger partial charge in [0.2, 0.25) is 10.0 Å². The number of benzene rings is 3. The second kappa shape index (κ2) is 10.1. The lowest BCUT2D eigenvalue weighted by Gasteiger charge is -2.24. The molecule has 3 aromatic carbocycles. The Morgan fingerprint density at radius 1 is 1.09 bits per heavy atom. The number of anilines is 2. The molecule has 0 aliphatic carbocycles. The van der Waals surface area contributed by atoms with Crippen molar-refractivity contribution in [3.05, 3.63) is 83.7 Å². The molecule has 0 aliphatic heterocycles. The summed E-state index contributed by atoms with van der Waals surface area (Å²) in [5.41, 5.74) is 1.80. The standard InChI is InChI=1S/C23H23FN2O4S2/c1-30-22-12-7-16(23(27)25-19-5-4-6-21(14-19)31-2)13-17(22)15-26(32(3,28)29)20-10-8-18(24)9-11-20/h4-14H,15H2,1-3H3,(H,25,27). The predicted molar refractivity (Wildman–Crippen MR) is 127 cm³/mol. The Hall–Kier alpha value is -3.04. The van der Waals surface area contributed by atoms with Gasteiger partial charge in [0.25, 0.3) is 5.91 Å². The minimum Gasteiger partial charge on any atom is -0.496 e. The van der Waals surface area contributed by atoms with E-state index in [0.29, 0.717) is 28.3 Å². The molecule has 3 aromatic rings. The molecule has 9 heteroatoms. The minimum absolute atomic E-state index is 0.0866.